The minimum atomic E-state index is -0.816. The van der Waals surface area contributed by atoms with Gasteiger partial charge in [0.25, 0.3) is 0 Å². The Labute approximate surface area is 75.7 Å². The van der Waals surface area contributed by atoms with Gasteiger partial charge in [0.1, 0.15) is 0 Å². The highest BCUT2D eigenvalue weighted by Gasteiger charge is 2.07. The number of aromatic amines is 1. The summed E-state index contributed by atoms with van der Waals surface area (Å²) in [6.45, 7) is 2.41. The van der Waals surface area contributed by atoms with Gasteiger partial charge in [-0.1, -0.05) is 0 Å². The number of carbonyl (C=O) groups is 1. The Morgan fingerprint density at radius 2 is 2.54 bits per heavy atom. The van der Waals surface area contributed by atoms with Gasteiger partial charge in [0.05, 0.1) is 12.8 Å². The summed E-state index contributed by atoms with van der Waals surface area (Å²) in [6.07, 6.45) is 2.13. The molecule has 1 aromatic rings. The predicted octanol–water partition coefficient (Wildman–Crippen LogP) is 0.826. The SMILES string of the molecule is CCOc1[nH]ncc1CCC(=O)O. The minimum Gasteiger partial charge on any atom is -0.481 e. The molecule has 2 N–H and O–H groups in total. The molecule has 0 aliphatic rings. The standard InChI is InChI=1S/C8H12N2O3/c1-2-13-8-6(5-9-10-8)3-4-7(11)12/h5H,2-4H2,1H3,(H,9,10)(H,11,12). The van der Waals surface area contributed by atoms with Crippen LogP contribution in [0.2, 0.25) is 0 Å². The van der Waals surface area contributed by atoms with Gasteiger partial charge in [-0.25, -0.2) is 5.10 Å². The minimum absolute atomic E-state index is 0.0968. The number of aryl methyl sites for hydroxylation is 1. The molecule has 0 fully saturated rings. The first-order valence-electron chi connectivity index (χ1n) is 4.11. The summed E-state index contributed by atoms with van der Waals surface area (Å²) in [5.74, 6) is -0.243. The second-order valence-corrected chi connectivity index (χ2v) is 2.55. The summed E-state index contributed by atoms with van der Waals surface area (Å²) in [5, 5.41) is 14.9. The number of H-pyrrole nitrogens is 1. The molecule has 5 heteroatoms. The number of carboxylic acids is 1. The molecule has 0 radical (unpaired) electrons. The van der Waals surface area contributed by atoms with Crippen molar-refractivity contribution < 1.29 is 14.6 Å². The summed E-state index contributed by atoms with van der Waals surface area (Å²) in [4.78, 5) is 10.3. The van der Waals surface area contributed by atoms with E-state index in [2.05, 4.69) is 10.2 Å². The van der Waals surface area contributed by atoms with Crippen molar-refractivity contribution >= 4 is 5.97 Å². The maximum absolute atomic E-state index is 10.3. The van der Waals surface area contributed by atoms with Crippen molar-refractivity contribution in [3.05, 3.63) is 11.8 Å². The summed E-state index contributed by atoms with van der Waals surface area (Å²) >= 11 is 0. The van der Waals surface area contributed by atoms with E-state index in [-0.39, 0.29) is 6.42 Å². The van der Waals surface area contributed by atoms with E-state index in [1.54, 1.807) is 6.20 Å². The van der Waals surface area contributed by atoms with Crippen molar-refractivity contribution in [2.75, 3.05) is 6.61 Å². The van der Waals surface area contributed by atoms with Crippen LogP contribution in [0.5, 0.6) is 5.88 Å². The Kier molecular flexibility index (Phi) is 3.31. The Bertz CT molecular complexity index is 283. The monoisotopic (exact) mass is 184 g/mol. The van der Waals surface area contributed by atoms with Crippen LogP contribution in [0.25, 0.3) is 0 Å². The average molecular weight is 184 g/mol. The van der Waals surface area contributed by atoms with Gasteiger partial charge in [-0.2, -0.15) is 5.10 Å². The average Bonchev–Trinajstić information content (AvgIpc) is 2.49. The highest BCUT2D eigenvalue weighted by molar-refractivity contribution is 5.67. The summed E-state index contributed by atoms with van der Waals surface area (Å²) in [5.41, 5.74) is 0.809. The quantitative estimate of drug-likeness (QED) is 0.710. The topological polar surface area (TPSA) is 75.2 Å². The second-order valence-electron chi connectivity index (χ2n) is 2.55. The highest BCUT2D eigenvalue weighted by Crippen LogP contribution is 2.15. The number of hydrogen-bond donors (Lipinski definition) is 2. The van der Waals surface area contributed by atoms with Crippen molar-refractivity contribution in [1.82, 2.24) is 10.2 Å². The lowest BCUT2D eigenvalue weighted by Gasteiger charge is -2.01. The molecule has 1 aromatic heterocycles. The molecule has 0 saturated carbocycles. The Balaban J connectivity index is 2.54. The summed E-state index contributed by atoms with van der Waals surface area (Å²) < 4.78 is 5.20. The van der Waals surface area contributed by atoms with Crippen LogP contribution in [0.4, 0.5) is 0 Å². The van der Waals surface area contributed by atoms with Crippen LogP contribution in [0, 0.1) is 0 Å². The molecule has 0 unspecified atom stereocenters. The van der Waals surface area contributed by atoms with E-state index >= 15 is 0 Å². The van der Waals surface area contributed by atoms with Gasteiger partial charge >= 0.3 is 5.97 Å². The molecule has 0 spiro atoms. The molecule has 0 atom stereocenters. The third-order valence-corrected chi connectivity index (χ3v) is 1.58. The number of carboxylic acid groups (broad SMARTS) is 1. The lowest BCUT2D eigenvalue weighted by atomic mass is 10.2. The van der Waals surface area contributed by atoms with Gasteiger partial charge in [0, 0.05) is 12.0 Å². The normalized spacial score (nSPS) is 9.92. The maximum Gasteiger partial charge on any atom is 0.303 e. The highest BCUT2D eigenvalue weighted by atomic mass is 16.5. The van der Waals surface area contributed by atoms with Crippen LogP contribution in [-0.4, -0.2) is 27.9 Å². The number of hydrogen-bond acceptors (Lipinski definition) is 3. The van der Waals surface area contributed by atoms with E-state index in [0.717, 1.165) is 5.56 Å². The van der Waals surface area contributed by atoms with Crippen LogP contribution in [0.1, 0.15) is 18.9 Å². The molecule has 0 saturated heterocycles. The third kappa shape index (κ3) is 2.77. The van der Waals surface area contributed by atoms with Crippen LogP contribution in [0.15, 0.2) is 6.20 Å². The second kappa shape index (κ2) is 4.49. The lowest BCUT2D eigenvalue weighted by molar-refractivity contribution is -0.136. The zero-order chi connectivity index (χ0) is 9.68. The van der Waals surface area contributed by atoms with Gasteiger partial charge in [0.2, 0.25) is 5.88 Å². The number of nitrogens with zero attached hydrogens (tertiary/aromatic N) is 1. The largest absolute Gasteiger partial charge is 0.481 e. The number of nitrogens with one attached hydrogen (secondary N) is 1. The Morgan fingerprint density at radius 1 is 1.77 bits per heavy atom. The molecule has 5 nitrogen and oxygen atoms in total. The molecule has 0 amide bonds. The van der Waals surface area contributed by atoms with Crippen LogP contribution < -0.4 is 4.74 Å². The molecular weight excluding hydrogens is 172 g/mol. The van der Waals surface area contributed by atoms with E-state index in [9.17, 15) is 4.79 Å². The smallest absolute Gasteiger partial charge is 0.303 e. The molecule has 1 rings (SSSR count). The van der Waals surface area contributed by atoms with Crippen LogP contribution in [-0.2, 0) is 11.2 Å². The third-order valence-electron chi connectivity index (χ3n) is 1.58. The van der Waals surface area contributed by atoms with Crippen molar-refractivity contribution in [3.8, 4) is 5.88 Å². The van der Waals surface area contributed by atoms with E-state index in [1.807, 2.05) is 6.92 Å². The van der Waals surface area contributed by atoms with Crippen molar-refractivity contribution in [2.45, 2.75) is 19.8 Å². The molecule has 0 bridgehead atoms. The number of aromatic nitrogens is 2. The number of aliphatic carboxylic acids is 1. The van der Waals surface area contributed by atoms with E-state index in [4.69, 9.17) is 9.84 Å². The Morgan fingerprint density at radius 3 is 3.15 bits per heavy atom. The fraction of sp³-hybridized carbons (Fsp3) is 0.500. The van der Waals surface area contributed by atoms with E-state index in [0.29, 0.717) is 18.9 Å². The van der Waals surface area contributed by atoms with Crippen molar-refractivity contribution in [2.24, 2.45) is 0 Å². The first-order valence-corrected chi connectivity index (χ1v) is 4.11. The number of ether oxygens (including phenoxy) is 1. The zero-order valence-corrected chi connectivity index (χ0v) is 7.41. The van der Waals surface area contributed by atoms with E-state index < -0.39 is 5.97 Å². The van der Waals surface area contributed by atoms with Gasteiger partial charge in [-0.15, -0.1) is 0 Å². The van der Waals surface area contributed by atoms with Gasteiger partial charge in [-0.3, -0.25) is 4.79 Å². The fourth-order valence-electron chi connectivity index (χ4n) is 0.988. The lowest BCUT2D eigenvalue weighted by Crippen LogP contribution is -1.99. The molecular formula is C8H12N2O3. The van der Waals surface area contributed by atoms with Gasteiger partial charge < -0.3 is 9.84 Å². The zero-order valence-electron chi connectivity index (χ0n) is 7.41. The van der Waals surface area contributed by atoms with E-state index in [1.165, 1.54) is 0 Å². The van der Waals surface area contributed by atoms with Crippen molar-refractivity contribution in [3.63, 3.8) is 0 Å². The van der Waals surface area contributed by atoms with Gasteiger partial charge in [-0.05, 0) is 13.3 Å². The molecule has 13 heavy (non-hydrogen) atoms. The van der Waals surface area contributed by atoms with Crippen molar-refractivity contribution in [1.29, 1.82) is 0 Å². The molecule has 0 aliphatic carbocycles. The van der Waals surface area contributed by atoms with Crippen LogP contribution in [0.3, 0.4) is 0 Å². The molecule has 1 heterocycles. The summed E-state index contributed by atoms with van der Waals surface area (Å²) in [7, 11) is 0. The number of rotatable bonds is 5. The van der Waals surface area contributed by atoms with Crippen LogP contribution >= 0.6 is 0 Å². The first kappa shape index (κ1) is 9.57. The molecule has 0 aliphatic heterocycles. The molecule has 0 aromatic carbocycles. The summed E-state index contributed by atoms with van der Waals surface area (Å²) in [6, 6.07) is 0. The Hall–Kier alpha value is -1.52. The fourth-order valence-corrected chi connectivity index (χ4v) is 0.988. The maximum atomic E-state index is 10.3. The first-order chi connectivity index (χ1) is 6.24. The molecule has 72 valence electrons. The van der Waals surface area contributed by atoms with Gasteiger partial charge in [0.15, 0.2) is 0 Å². The predicted molar refractivity (Wildman–Crippen MR) is 45.7 cm³/mol.